The zero-order valence-corrected chi connectivity index (χ0v) is 9.68. The third-order valence-electron chi connectivity index (χ3n) is 2.12. The molecule has 3 N–H and O–H groups in total. The quantitative estimate of drug-likeness (QED) is 0.862. The lowest BCUT2D eigenvalue weighted by Crippen LogP contribution is -2.15. The van der Waals surface area contributed by atoms with Crippen molar-refractivity contribution in [2.45, 2.75) is 4.90 Å². The number of hydrogen-bond acceptors (Lipinski definition) is 4. The van der Waals surface area contributed by atoms with Gasteiger partial charge in [0.05, 0.1) is 0 Å². The zero-order valence-electron chi connectivity index (χ0n) is 8.87. The molecule has 0 unspecified atom stereocenters. The van der Waals surface area contributed by atoms with Crippen molar-refractivity contribution in [3.8, 4) is 0 Å². The second-order valence-corrected chi connectivity index (χ2v) is 5.01. The molecule has 0 atom stereocenters. The van der Waals surface area contributed by atoms with E-state index in [2.05, 4.69) is 9.71 Å². The van der Waals surface area contributed by atoms with E-state index < -0.39 is 10.0 Å². The summed E-state index contributed by atoms with van der Waals surface area (Å²) in [6.45, 7) is 0. The van der Waals surface area contributed by atoms with Crippen molar-refractivity contribution < 1.29 is 8.42 Å². The fourth-order valence-corrected chi connectivity index (χ4v) is 2.49. The molecule has 0 bridgehead atoms. The monoisotopic (exact) mass is 249 g/mol. The maximum absolute atomic E-state index is 12.0. The number of aromatic nitrogens is 1. The maximum atomic E-state index is 12.0. The number of nitrogens with zero attached hydrogens (tertiary/aromatic N) is 1. The Hall–Kier alpha value is -2.08. The van der Waals surface area contributed by atoms with E-state index in [1.54, 1.807) is 30.3 Å². The van der Waals surface area contributed by atoms with Crippen LogP contribution < -0.4 is 10.5 Å². The molecule has 6 heteroatoms. The normalized spacial score (nSPS) is 11.1. The number of rotatable bonds is 3. The van der Waals surface area contributed by atoms with Gasteiger partial charge in [0.2, 0.25) is 0 Å². The lowest BCUT2D eigenvalue weighted by atomic mass is 10.3. The molecule has 0 saturated heterocycles. The molecular weight excluding hydrogens is 238 g/mol. The molecule has 0 saturated carbocycles. The van der Waals surface area contributed by atoms with Crippen molar-refractivity contribution in [1.29, 1.82) is 0 Å². The Bertz CT molecular complexity index is 612. The number of nitrogen functional groups attached to an aromatic ring is 1. The molecule has 5 nitrogen and oxygen atoms in total. The number of anilines is 2. The van der Waals surface area contributed by atoms with Crippen molar-refractivity contribution in [1.82, 2.24) is 4.98 Å². The van der Waals surface area contributed by atoms with Crippen LogP contribution in [0.2, 0.25) is 0 Å². The molecule has 0 aliphatic heterocycles. The lowest BCUT2D eigenvalue weighted by Gasteiger charge is -2.08. The van der Waals surface area contributed by atoms with E-state index in [-0.39, 0.29) is 10.7 Å². The van der Waals surface area contributed by atoms with Gasteiger partial charge in [-0.05, 0) is 24.3 Å². The smallest absolute Gasteiger partial charge is 0.265 e. The van der Waals surface area contributed by atoms with Crippen molar-refractivity contribution in [2.75, 3.05) is 10.5 Å². The third-order valence-corrected chi connectivity index (χ3v) is 3.54. The highest BCUT2D eigenvalue weighted by Gasteiger charge is 2.17. The fraction of sp³-hybridized carbons (Fsp3) is 0. The van der Waals surface area contributed by atoms with Gasteiger partial charge in [-0.15, -0.1) is 0 Å². The number of pyridine rings is 1. The van der Waals surface area contributed by atoms with Gasteiger partial charge in [0, 0.05) is 11.9 Å². The molecule has 0 radical (unpaired) electrons. The van der Waals surface area contributed by atoms with E-state index in [4.69, 9.17) is 5.73 Å². The summed E-state index contributed by atoms with van der Waals surface area (Å²) >= 11 is 0. The molecular formula is C11H11N3O2S. The molecule has 0 aliphatic carbocycles. The van der Waals surface area contributed by atoms with Gasteiger partial charge in [-0.25, -0.2) is 13.4 Å². The van der Waals surface area contributed by atoms with Gasteiger partial charge in [-0.1, -0.05) is 18.2 Å². The standard InChI is InChI=1S/C11H11N3O2S/c12-11-10(7-4-8-13-11)17(15,16)14-9-5-2-1-3-6-9/h1-8,14H,(H2,12,13). The highest BCUT2D eigenvalue weighted by molar-refractivity contribution is 7.92. The molecule has 1 aromatic heterocycles. The molecule has 0 amide bonds. The van der Waals surface area contributed by atoms with Crippen molar-refractivity contribution in [2.24, 2.45) is 0 Å². The predicted octanol–water partition coefficient (Wildman–Crippen LogP) is 1.46. The molecule has 2 rings (SSSR count). The zero-order chi connectivity index (χ0) is 12.3. The molecule has 88 valence electrons. The predicted molar refractivity (Wildman–Crippen MR) is 65.9 cm³/mol. The number of para-hydroxylation sites is 1. The van der Waals surface area contributed by atoms with Gasteiger partial charge in [0.15, 0.2) is 0 Å². The Labute approximate surface area is 99.4 Å². The van der Waals surface area contributed by atoms with Crippen LogP contribution >= 0.6 is 0 Å². The van der Waals surface area contributed by atoms with Crippen LogP contribution in [0.15, 0.2) is 53.6 Å². The number of nitrogens with two attached hydrogens (primary N) is 1. The highest BCUT2D eigenvalue weighted by Crippen LogP contribution is 2.18. The lowest BCUT2D eigenvalue weighted by molar-refractivity contribution is 0.601. The largest absolute Gasteiger partial charge is 0.383 e. The average Bonchev–Trinajstić information content (AvgIpc) is 2.30. The summed E-state index contributed by atoms with van der Waals surface area (Å²) in [7, 11) is -3.68. The second-order valence-electron chi connectivity index (χ2n) is 3.36. The first-order valence-corrected chi connectivity index (χ1v) is 6.36. The number of sulfonamides is 1. The van der Waals surface area contributed by atoms with E-state index in [0.29, 0.717) is 5.69 Å². The average molecular weight is 249 g/mol. The van der Waals surface area contributed by atoms with Gasteiger partial charge in [-0.2, -0.15) is 0 Å². The van der Waals surface area contributed by atoms with Gasteiger partial charge >= 0.3 is 0 Å². The Morgan fingerprint density at radius 2 is 1.76 bits per heavy atom. The van der Waals surface area contributed by atoms with Crippen molar-refractivity contribution in [3.05, 3.63) is 48.7 Å². The minimum Gasteiger partial charge on any atom is -0.383 e. The summed E-state index contributed by atoms with van der Waals surface area (Å²) in [5.74, 6) is -0.0177. The van der Waals surface area contributed by atoms with Gasteiger partial charge < -0.3 is 5.73 Å². The first kappa shape index (κ1) is 11.4. The summed E-state index contributed by atoms with van der Waals surface area (Å²) in [5, 5.41) is 0. The Balaban J connectivity index is 2.36. The molecule has 0 fully saturated rings. The highest BCUT2D eigenvalue weighted by atomic mass is 32.2. The maximum Gasteiger partial charge on any atom is 0.265 e. The van der Waals surface area contributed by atoms with Crippen LogP contribution in [0, 0.1) is 0 Å². The number of nitrogens with one attached hydrogen (secondary N) is 1. The van der Waals surface area contributed by atoms with E-state index in [9.17, 15) is 8.42 Å². The van der Waals surface area contributed by atoms with Crippen LogP contribution in [0.3, 0.4) is 0 Å². The van der Waals surface area contributed by atoms with E-state index in [1.165, 1.54) is 18.3 Å². The molecule has 17 heavy (non-hydrogen) atoms. The molecule has 1 aromatic carbocycles. The van der Waals surface area contributed by atoms with Crippen LogP contribution in [0.1, 0.15) is 0 Å². The first-order valence-electron chi connectivity index (χ1n) is 4.88. The minimum absolute atomic E-state index is 0.0177. The van der Waals surface area contributed by atoms with Gasteiger partial charge in [0.25, 0.3) is 10.0 Å². The molecule has 1 heterocycles. The first-order chi connectivity index (χ1) is 8.09. The van der Waals surface area contributed by atoms with Gasteiger partial charge in [-0.3, -0.25) is 4.72 Å². The number of hydrogen-bond donors (Lipinski definition) is 2. The minimum atomic E-state index is -3.68. The summed E-state index contributed by atoms with van der Waals surface area (Å²) in [6.07, 6.45) is 1.44. The Morgan fingerprint density at radius 1 is 1.06 bits per heavy atom. The van der Waals surface area contributed by atoms with Gasteiger partial charge in [0.1, 0.15) is 10.7 Å². The summed E-state index contributed by atoms with van der Waals surface area (Å²) in [6, 6.07) is 11.5. The van der Waals surface area contributed by atoms with Crippen LogP contribution in [-0.4, -0.2) is 13.4 Å². The van der Waals surface area contributed by atoms with E-state index in [1.807, 2.05) is 0 Å². The Morgan fingerprint density at radius 3 is 2.41 bits per heavy atom. The van der Waals surface area contributed by atoms with Crippen LogP contribution in [0.4, 0.5) is 11.5 Å². The summed E-state index contributed by atoms with van der Waals surface area (Å²) in [4.78, 5) is 3.72. The molecule has 0 aliphatic rings. The Kier molecular flexibility index (Phi) is 2.97. The topological polar surface area (TPSA) is 85.1 Å². The van der Waals surface area contributed by atoms with Crippen LogP contribution in [-0.2, 0) is 10.0 Å². The van der Waals surface area contributed by atoms with E-state index >= 15 is 0 Å². The molecule has 0 spiro atoms. The summed E-state index contributed by atoms with van der Waals surface area (Å²) < 4.78 is 26.4. The summed E-state index contributed by atoms with van der Waals surface area (Å²) in [5.41, 5.74) is 6.01. The van der Waals surface area contributed by atoms with E-state index in [0.717, 1.165) is 0 Å². The van der Waals surface area contributed by atoms with Crippen molar-refractivity contribution in [3.63, 3.8) is 0 Å². The second kappa shape index (κ2) is 4.42. The van der Waals surface area contributed by atoms with Crippen molar-refractivity contribution >= 4 is 21.5 Å². The van der Waals surface area contributed by atoms with Crippen LogP contribution in [0.5, 0.6) is 0 Å². The third kappa shape index (κ3) is 2.54. The van der Waals surface area contributed by atoms with Crippen LogP contribution in [0.25, 0.3) is 0 Å². The fourth-order valence-electron chi connectivity index (χ4n) is 1.35. The number of benzene rings is 1. The SMILES string of the molecule is Nc1ncccc1S(=O)(=O)Nc1ccccc1. The molecule has 2 aromatic rings.